The summed E-state index contributed by atoms with van der Waals surface area (Å²) >= 11 is 0. The van der Waals surface area contributed by atoms with E-state index in [0.29, 0.717) is 18.8 Å². The molecule has 1 saturated heterocycles. The molecule has 2 heterocycles. The number of nitrogens with zero attached hydrogens (tertiary/aromatic N) is 3. The van der Waals surface area contributed by atoms with Crippen molar-refractivity contribution in [2.75, 3.05) is 26.2 Å². The van der Waals surface area contributed by atoms with Gasteiger partial charge >= 0.3 is 0 Å². The van der Waals surface area contributed by atoms with E-state index in [2.05, 4.69) is 20.3 Å². The van der Waals surface area contributed by atoms with Gasteiger partial charge in [-0.3, -0.25) is 4.90 Å². The van der Waals surface area contributed by atoms with Crippen LogP contribution in [0.1, 0.15) is 18.5 Å². The molecule has 6 heteroatoms. The summed E-state index contributed by atoms with van der Waals surface area (Å²) in [6.45, 7) is 2.93. The summed E-state index contributed by atoms with van der Waals surface area (Å²) in [6, 6.07) is 9.78. The molecule has 0 aliphatic carbocycles. The quantitative estimate of drug-likeness (QED) is 0.864. The maximum absolute atomic E-state index is 10.7. The first-order valence-electron chi connectivity index (χ1n) is 7.25. The molecule has 2 N–H and O–H groups in total. The van der Waals surface area contributed by atoms with Gasteiger partial charge in [0.1, 0.15) is 23.7 Å². The molecular formula is C15H20N4O2. The molecule has 1 fully saturated rings. The SMILES string of the molecule is OC1(c2cn[nH]n2)CCCN(CCOc2ccccc2)C1. The number of piperidine rings is 1. The Bertz CT molecular complexity index is 546. The zero-order valence-corrected chi connectivity index (χ0v) is 11.9. The number of nitrogens with one attached hydrogen (secondary N) is 1. The van der Waals surface area contributed by atoms with Gasteiger partial charge in [0.05, 0.1) is 6.20 Å². The van der Waals surface area contributed by atoms with Gasteiger partial charge in [-0.2, -0.15) is 15.4 Å². The number of rotatable bonds is 5. The molecule has 1 aromatic carbocycles. The third-order valence-corrected chi connectivity index (χ3v) is 3.86. The van der Waals surface area contributed by atoms with Gasteiger partial charge in [-0.05, 0) is 31.5 Å². The number of benzene rings is 1. The molecule has 0 spiro atoms. The van der Waals surface area contributed by atoms with E-state index in [1.807, 2.05) is 30.3 Å². The van der Waals surface area contributed by atoms with Gasteiger partial charge in [0.2, 0.25) is 0 Å². The van der Waals surface area contributed by atoms with Crippen LogP contribution in [-0.4, -0.2) is 51.7 Å². The van der Waals surface area contributed by atoms with Crippen LogP contribution >= 0.6 is 0 Å². The molecule has 3 rings (SSSR count). The van der Waals surface area contributed by atoms with Gasteiger partial charge in [-0.1, -0.05) is 18.2 Å². The maximum atomic E-state index is 10.7. The molecule has 1 atom stereocenters. The van der Waals surface area contributed by atoms with E-state index in [-0.39, 0.29) is 0 Å². The van der Waals surface area contributed by atoms with Crippen molar-refractivity contribution in [2.45, 2.75) is 18.4 Å². The number of aliphatic hydroxyl groups is 1. The normalized spacial score (nSPS) is 23.1. The molecule has 1 aliphatic heterocycles. The van der Waals surface area contributed by atoms with Crippen LogP contribution in [0.2, 0.25) is 0 Å². The zero-order valence-electron chi connectivity index (χ0n) is 11.9. The third kappa shape index (κ3) is 3.40. The average Bonchev–Trinajstić information content (AvgIpc) is 3.04. The van der Waals surface area contributed by atoms with E-state index in [1.54, 1.807) is 6.20 Å². The summed E-state index contributed by atoms with van der Waals surface area (Å²) in [7, 11) is 0. The first kappa shape index (κ1) is 14.0. The van der Waals surface area contributed by atoms with E-state index in [4.69, 9.17) is 4.74 Å². The van der Waals surface area contributed by atoms with Crippen molar-refractivity contribution in [3.05, 3.63) is 42.2 Å². The first-order chi connectivity index (χ1) is 10.3. The summed E-state index contributed by atoms with van der Waals surface area (Å²) in [5, 5.41) is 21.1. The number of aromatic nitrogens is 3. The van der Waals surface area contributed by atoms with Crippen molar-refractivity contribution < 1.29 is 9.84 Å². The standard InChI is InChI=1S/C15H20N4O2/c20-15(14-11-16-18-17-14)7-4-8-19(12-15)9-10-21-13-5-2-1-3-6-13/h1-3,5-6,11,20H,4,7-10,12H2,(H,16,17,18). The molecule has 2 aromatic rings. The fourth-order valence-electron chi connectivity index (χ4n) is 2.76. The van der Waals surface area contributed by atoms with Gasteiger partial charge in [0.25, 0.3) is 0 Å². The van der Waals surface area contributed by atoms with Crippen LogP contribution < -0.4 is 4.74 Å². The second-order valence-electron chi connectivity index (χ2n) is 5.43. The lowest BCUT2D eigenvalue weighted by atomic mass is 9.90. The molecule has 0 bridgehead atoms. The molecule has 0 radical (unpaired) electrons. The minimum absolute atomic E-state index is 0.567. The second-order valence-corrected chi connectivity index (χ2v) is 5.43. The number of aromatic amines is 1. The minimum atomic E-state index is -0.905. The molecule has 0 saturated carbocycles. The average molecular weight is 288 g/mol. The van der Waals surface area contributed by atoms with Gasteiger partial charge in [0.15, 0.2) is 0 Å². The Hall–Kier alpha value is -1.92. The predicted octanol–water partition coefficient (Wildman–Crippen LogP) is 1.17. The number of hydrogen-bond acceptors (Lipinski definition) is 5. The molecule has 21 heavy (non-hydrogen) atoms. The van der Waals surface area contributed by atoms with E-state index < -0.39 is 5.60 Å². The van der Waals surface area contributed by atoms with Crippen LogP contribution in [0.15, 0.2) is 36.5 Å². The van der Waals surface area contributed by atoms with Crippen molar-refractivity contribution in [3.63, 3.8) is 0 Å². The summed E-state index contributed by atoms with van der Waals surface area (Å²) < 4.78 is 5.71. The highest BCUT2D eigenvalue weighted by Gasteiger charge is 2.36. The van der Waals surface area contributed by atoms with E-state index in [1.165, 1.54) is 0 Å². The van der Waals surface area contributed by atoms with Gasteiger partial charge < -0.3 is 9.84 Å². The monoisotopic (exact) mass is 288 g/mol. The zero-order chi connectivity index (χ0) is 14.5. The molecule has 1 aromatic heterocycles. The molecule has 112 valence electrons. The number of H-pyrrole nitrogens is 1. The highest BCUT2D eigenvalue weighted by Crippen LogP contribution is 2.29. The van der Waals surface area contributed by atoms with Crippen molar-refractivity contribution in [1.29, 1.82) is 0 Å². The predicted molar refractivity (Wildman–Crippen MR) is 77.9 cm³/mol. The molecule has 0 amide bonds. The smallest absolute Gasteiger partial charge is 0.123 e. The summed E-state index contributed by atoms with van der Waals surface area (Å²) in [5.41, 5.74) is -0.283. The van der Waals surface area contributed by atoms with Crippen LogP contribution in [0.3, 0.4) is 0 Å². The highest BCUT2D eigenvalue weighted by molar-refractivity contribution is 5.20. The number of likely N-dealkylation sites (tertiary alicyclic amines) is 1. The summed E-state index contributed by atoms with van der Waals surface area (Å²) in [6.07, 6.45) is 3.26. The Morgan fingerprint density at radius 1 is 1.33 bits per heavy atom. The Balaban J connectivity index is 1.52. The van der Waals surface area contributed by atoms with Crippen LogP contribution in [0.4, 0.5) is 0 Å². The highest BCUT2D eigenvalue weighted by atomic mass is 16.5. The number of hydrogen-bond donors (Lipinski definition) is 2. The van der Waals surface area contributed by atoms with Gasteiger partial charge in [0, 0.05) is 13.1 Å². The van der Waals surface area contributed by atoms with Gasteiger partial charge in [-0.15, -0.1) is 0 Å². The summed E-state index contributed by atoms with van der Waals surface area (Å²) in [4.78, 5) is 2.21. The van der Waals surface area contributed by atoms with Crippen LogP contribution in [-0.2, 0) is 5.60 Å². The fraction of sp³-hybridized carbons (Fsp3) is 0.467. The van der Waals surface area contributed by atoms with Crippen molar-refractivity contribution in [3.8, 4) is 5.75 Å². The Labute approximate surface area is 123 Å². The Morgan fingerprint density at radius 3 is 2.95 bits per heavy atom. The van der Waals surface area contributed by atoms with E-state index in [9.17, 15) is 5.11 Å². The number of β-amino-alcohol motifs (C(OH)–C–C–N with tert-alkyl or cyclic N) is 1. The number of para-hydroxylation sites is 1. The largest absolute Gasteiger partial charge is 0.492 e. The Morgan fingerprint density at radius 2 is 2.19 bits per heavy atom. The number of ether oxygens (including phenoxy) is 1. The lowest BCUT2D eigenvalue weighted by Crippen LogP contribution is -2.47. The lowest BCUT2D eigenvalue weighted by molar-refractivity contribution is -0.0412. The fourth-order valence-corrected chi connectivity index (χ4v) is 2.76. The van der Waals surface area contributed by atoms with Crippen molar-refractivity contribution in [1.82, 2.24) is 20.3 Å². The first-order valence-corrected chi connectivity index (χ1v) is 7.25. The van der Waals surface area contributed by atoms with Crippen molar-refractivity contribution >= 4 is 0 Å². The van der Waals surface area contributed by atoms with Gasteiger partial charge in [-0.25, -0.2) is 0 Å². The molecular weight excluding hydrogens is 268 g/mol. The van der Waals surface area contributed by atoms with Crippen LogP contribution in [0.25, 0.3) is 0 Å². The molecule has 1 aliphatic rings. The molecule has 6 nitrogen and oxygen atoms in total. The topological polar surface area (TPSA) is 74.3 Å². The van der Waals surface area contributed by atoms with E-state index >= 15 is 0 Å². The second kappa shape index (κ2) is 6.24. The molecule has 1 unspecified atom stereocenters. The minimum Gasteiger partial charge on any atom is -0.492 e. The van der Waals surface area contributed by atoms with Crippen LogP contribution in [0.5, 0.6) is 5.75 Å². The van der Waals surface area contributed by atoms with Crippen LogP contribution in [0, 0.1) is 0 Å². The third-order valence-electron chi connectivity index (χ3n) is 3.86. The lowest BCUT2D eigenvalue weighted by Gasteiger charge is -2.37. The van der Waals surface area contributed by atoms with Crippen molar-refractivity contribution in [2.24, 2.45) is 0 Å². The summed E-state index contributed by atoms with van der Waals surface area (Å²) in [5.74, 6) is 0.876. The maximum Gasteiger partial charge on any atom is 0.123 e. The Kier molecular flexibility index (Phi) is 4.17. The van der Waals surface area contributed by atoms with E-state index in [0.717, 1.165) is 31.7 Å².